The van der Waals surface area contributed by atoms with Crippen LogP contribution in [0.25, 0.3) is 11.5 Å². The van der Waals surface area contributed by atoms with E-state index in [0.29, 0.717) is 36.3 Å². The molecule has 0 bridgehead atoms. The summed E-state index contributed by atoms with van der Waals surface area (Å²) in [5.41, 5.74) is 7.09. The number of fused-ring (bicyclic) bond motifs is 1. The van der Waals surface area contributed by atoms with Crippen molar-refractivity contribution in [1.29, 1.82) is 0 Å². The molecule has 3 aromatic rings. The van der Waals surface area contributed by atoms with E-state index < -0.39 is 23.5 Å². The molecule has 1 aliphatic heterocycles. The van der Waals surface area contributed by atoms with Gasteiger partial charge >= 0.3 is 0 Å². The number of hydrogen-bond acceptors (Lipinski definition) is 5. The monoisotopic (exact) mass is 439 g/mol. The van der Waals surface area contributed by atoms with Gasteiger partial charge in [-0.1, -0.05) is 5.21 Å². The molecule has 0 fully saturated rings. The van der Waals surface area contributed by atoms with E-state index in [1.54, 1.807) is 21.7 Å². The SMILES string of the molecule is N[C@@H](CC(=O)N1CCn2nnc(-c3ccc(Cl)o3)c2C1)Cc1cc(F)c(F)cc1F. The summed E-state index contributed by atoms with van der Waals surface area (Å²) in [6.07, 6.45) is -0.180. The molecule has 1 aliphatic rings. The Kier molecular flexibility index (Phi) is 5.52. The van der Waals surface area contributed by atoms with Crippen LogP contribution >= 0.6 is 11.6 Å². The number of halogens is 4. The van der Waals surface area contributed by atoms with E-state index in [0.717, 1.165) is 6.07 Å². The van der Waals surface area contributed by atoms with Crippen molar-refractivity contribution >= 4 is 17.5 Å². The summed E-state index contributed by atoms with van der Waals surface area (Å²) in [5, 5.41) is 8.39. The van der Waals surface area contributed by atoms with Crippen LogP contribution in [0.5, 0.6) is 0 Å². The molecule has 0 radical (unpaired) electrons. The van der Waals surface area contributed by atoms with Gasteiger partial charge in [0.15, 0.2) is 28.3 Å². The van der Waals surface area contributed by atoms with Crippen molar-refractivity contribution in [3.8, 4) is 11.5 Å². The van der Waals surface area contributed by atoms with Crippen molar-refractivity contribution in [2.45, 2.75) is 32.0 Å². The average molecular weight is 440 g/mol. The van der Waals surface area contributed by atoms with Gasteiger partial charge in [-0.2, -0.15) is 0 Å². The van der Waals surface area contributed by atoms with Crippen LogP contribution in [0.1, 0.15) is 17.7 Å². The summed E-state index contributed by atoms with van der Waals surface area (Å²) in [7, 11) is 0. The fraction of sp³-hybridized carbons (Fsp3) is 0.316. The van der Waals surface area contributed by atoms with E-state index in [2.05, 4.69) is 10.3 Å². The molecule has 11 heteroatoms. The number of amides is 1. The Morgan fingerprint density at radius 2 is 1.97 bits per heavy atom. The molecular formula is C19H17ClF3N5O2. The lowest BCUT2D eigenvalue weighted by atomic mass is 10.0. The Balaban J connectivity index is 1.43. The molecule has 30 heavy (non-hydrogen) atoms. The Morgan fingerprint density at radius 1 is 1.20 bits per heavy atom. The largest absolute Gasteiger partial charge is 0.443 e. The highest BCUT2D eigenvalue weighted by Crippen LogP contribution is 2.28. The summed E-state index contributed by atoms with van der Waals surface area (Å²) in [6.45, 7) is 1.08. The highest BCUT2D eigenvalue weighted by atomic mass is 35.5. The van der Waals surface area contributed by atoms with E-state index in [9.17, 15) is 18.0 Å². The molecule has 1 aromatic carbocycles. The third kappa shape index (κ3) is 4.05. The van der Waals surface area contributed by atoms with Gasteiger partial charge in [0.25, 0.3) is 0 Å². The van der Waals surface area contributed by atoms with Crippen molar-refractivity contribution in [2.24, 2.45) is 5.73 Å². The Hall–Kier alpha value is -2.85. The maximum Gasteiger partial charge on any atom is 0.224 e. The minimum atomic E-state index is -1.27. The first kappa shape index (κ1) is 20.4. The molecule has 0 unspecified atom stereocenters. The zero-order valence-corrected chi connectivity index (χ0v) is 16.4. The summed E-state index contributed by atoms with van der Waals surface area (Å²) >= 11 is 5.82. The van der Waals surface area contributed by atoms with Crippen LogP contribution in [0.4, 0.5) is 13.2 Å². The number of hydrogen-bond donors (Lipinski definition) is 1. The van der Waals surface area contributed by atoms with Gasteiger partial charge < -0.3 is 15.1 Å². The van der Waals surface area contributed by atoms with Gasteiger partial charge in [0.2, 0.25) is 5.91 Å². The van der Waals surface area contributed by atoms with Gasteiger partial charge in [-0.3, -0.25) is 4.79 Å². The maximum absolute atomic E-state index is 13.8. The second kappa shape index (κ2) is 8.11. The second-order valence-corrected chi connectivity index (χ2v) is 7.43. The number of carbonyl (C=O) groups is 1. The second-order valence-electron chi connectivity index (χ2n) is 7.05. The first-order valence-corrected chi connectivity index (χ1v) is 9.54. The van der Waals surface area contributed by atoms with Crippen LogP contribution in [0.3, 0.4) is 0 Å². The molecule has 0 saturated carbocycles. The molecule has 2 aromatic heterocycles. The normalized spacial score (nSPS) is 14.6. The fourth-order valence-electron chi connectivity index (χ4n) is 3.42. The van der Waals surface area contributed by atoms with Gasteiger partial charge in [0, 0.05) is 25.1 Å². The number of nitrogens with zero attached hydrogens (tertiary/aromatic N) is 4. The van der Waals surface area contributed by atoms with Gasteiger partial charge in [-0.15, -0.1) is 5.10 Å². The minimum absolute atomic E-state index is 0.0768. The van der Waals surface area contributed by atoms with Crippen LogP contribution in [0.2, 0.25) is 5.22 Å². The predicted molar refractivity (Wildman–Crippen MR) is 101 cm³/mol. The predicted octanol–water partition coefficient (Wildman–Crippen LogP) is 2.91. The fourth-order valence-corrected chi connectivity index (χ4v) is 3.56. The van der Waals surface area contributed by atoms with Gasteiger partial charge in [-0.05, 0) is 41.8 Å². The number of benzene rings is 1. The average Bonchev–Trinajstić information content (AvgIpc) is 3.31. The summed E-state index contributed by atoms with van der Waals surface area (Å²) in [4.78, 5) is 14.3. The van der Waals surface area contributed by atoms with E-state index in [4.69, 9.17) is 21.8 Å². The Labute approximate surface area is 174 Å². The molecule has 1 atom stereocenters. The van der Waals surface area contributed by atoms with E-state index in [1.165, 1.54) is 0 Å². The van der Waals surface area contributed by atoms with E-state index in [1.807, 2.05) is 0 Å². The number of nitrogens with two attached hydrogens (primary N) is 1. The highest BCUT2D eigenvalue weighted by molar-refractivity contribution is 6.28. The molecule has 158 valence electrons. The summed E-state index contributed by atoms with van der Waals surface area (Å²) in [6, 6.07) is 3.73. The zero-order chi connectivity index (χ0) is 21.4. The molecular weight excluding hydrogens is 423 g/mol. The van der Waals surface area contributed by atoms with Crippen LogP contribution in [0.15, 0.2) is 28.7 Å². The van der Waals surface area contributed by atoms with Crippen LogP contribution in [0, 0.1) is 17.5 Å². The van der Waals surface area contributed by atoms with Gasteiger partial charge in [0.1, 0.15) is 5.82 Å². The maximum atomic E-state index is 13.8. The van der Waals surface area contributed by atoms with Gasteiger partial charge in [-0.25, -0.2) is 17.9 Å². The van der Waals surface area contributed by atoms with E-state index in [-0.39, 0.29) is 36.1 Å². The standard InChI is InChI=1S/C19H17ClF3N5O2/c20-17-2-1-16(30-17)19-15-9-27(3-4-28(15)26-25-19)18(29)7-11(24)5-10-6-13(22)14(23)8-12(10)21/h1-2,6,8,11H,3-5,7,9,24H2/t11-/m1/s1. The topological polar surface area (TPSA) is 90.2 Å². The van der Waals surface area contributed by atoms with Crippen molar-refractivity contribution < 1.29 is 22.4 Å². The quantitative estimate of drug-likeness (QED) is 0.617. The smallest absolute Gasteiger partial charge is 0.224 e. The van der Waals surface area contributed by atoms with Crippen molar-refractivity contribution in [2.75, 3.05) is 6.54 Å². The number of rotatable bonds is 5. The van der Waals surface area contributed by atoms with Crippen molar-refractivity contribution in [1.82, 2.24) is 19.9 Å². The molecule has 4 rings (SSSR count). The van der Waals surface area contributed by atoms with Crippen molar-refractivity contribution in [3.63, 3.8) is 0 Å². The molecule has 0 spiro atoms. The highest BCUT2D eigenvalue weighted by Gasteiger charge is 2.28. The van der Waals surface area contributed by atoms with E-state index >= 15 is 0 Å². The summed E-state index contributed by atoms with van der Waals surface area (Å²) in [5.74, 6) is -3.13. The lowest BCUT2D eigenvalue weighted by molar-refractivity contribution is -0.133. The number of furan rings is 1. The Bertz CT molecular complexity index is 1100. The third-order valence-electron chi connectivity index (χ3n) is 4.93. The first-order chi connectivity index (χ1) is 14.3. The molecule has 7 nitrogen and oxygen atoms in total. The summed E-state index contributed by atoms with van der Waals surface area (Å²) < 4.78 is 47.3. The molecule has 2 N–H and O–H groups in total. The van der Waals surface area contributed by atoms with Crippen LogP contribution in [-0.2, 0) is 24.3 Å². The van der Waals surface area contributed by atoms with Crippen molar-refractivity contribution in [3.05, 3.63) is 58.2 Å². The lowest BCUT2D eigenvalue weighted by Crippen LogP contribution is -2.41. The molecule has 0 saturated heterocycles. The zero-order valence-electron chi connectivity index (χ0n) is 15.6. The lowest BCUT2D eigenvalue weighted by Gasteiger charge is -2.28. The molecule has 1 amide bonds. The van der Waals surface area contributed by atoms with Gasteiger partial charge in [0.05, 0.1) is 18.8 Å². The minimum Gasteiger partial charge on any atom is -0.443 e. The van der Waals surface area contributed by atoms with Crippen LogP contribution in [-0.4, -0.2) is 38.4 Å². The number of aromatic nitrogens is 3. The third-order valence-corrected chi connectivity index (χ3v) is 5.13. The Morgan fingerprint density at radius 3 is 2.70 bits per heavy atom. The molecule has 0 aliphatic carbocycles. The molecule has 3 heterocycles. The van der Waals surface area contributed by atoms with Crippen LogP contribution < -0.4 is 5.73 Å². The number of carbonyl (C=O) groups excluding carboxylic acids is 1. The first-order valence-electron chi connectivity index (χ1n) is 9.16.